The van der Waals surface area contributed by atoms with E-state index in [9.17, 15) is 27.9 Å². The second kappa shape index (κ2) is 9.27. The summed E-state index contributed by atoms with van der Waals surface area (Å²) in [6.07, 6.45) is -3.82. The van der Waals surface area contributed by atoms with Crippen LogP contribution in [0.3, 0.4) is 0 Å². The minimum Gasteiger partial charge on any atom is -0.465 e. The fourth-order valence-electron chi connectivity index (χ4n) is 3.57. The Hall–Kier alpha value is -2.59. The number of likely N-dealkylation sites (tertiary alicyclic amines) is 1. The van der Waals surface area contributed by atoms with Gasteiger partial charge in [-0.2, -0.15) is 13.2 Å². The fraction of sp³-hybridized carbons (Fsp3) is 0.700. The molecular weight excluding hydrogens is 417 g/mol. The Morgan fingerprint density at radius 3 is 2.06 bits per heavy atom. The highest BCUT2D eigenvalue weighted by atomic mass is 19.4. The Kier molecular flexibility index (Phi) is 7.38. The van der Waals surface area contributed by atoms with Crippen LogP contribution in [0.25, 0.3) is 0 Å². The lowest BCUT2D eigenvalue weighted by Crippen LogP contribution is -2.60. The van der Waals surface area contributed by atoms with Crippen LogP contribution in [0, 0.1) is 5.92 Å². The first-order chi connectivity index (χ1) is 14.2. The number of carbonyl (C=O) groups is 2. The average Bonchev–Trinajstić information content (AvgIpc) is 2.64. The van der Waals surface area contributed by atoms with Crippen molar-refractivity contribution in [2.75, 3.05) is 13.1 Å². The van der Waals surface area contributed by atoms with Crippen molar-refractivity contribution in [2.45, 2.75) is 71.3 Å². The van der Waals surface area contributed by atoms with E-state index < -0.39 is 29.4 Å². The van der Waals surface area contributed by atoms with E-state index in [1.54, 1.807) is 25.7 Å². The molecule has 1 aliphatic rings. The molecule has 1 aromatic heterocycles. The van der Waals surface area contributed by atoms with Gasteiger partial charge >= 0.3 is 18.3 Å². The molecule has 2 amide bonds. The van der Waals surface area contributed by atoms with Crippen LogP contribution in [0.4, 0.5) is 18.0 Å². The molecule has 1 aromatic rings. The number of carbonyl (C=O) groups excluding carboxylic acids is 1. The molecule has 1 atom stereocenters. The third-order valence-electron chi connectivity index (χ3n) is 5.07. The van der Waals surface area contributed by atoms with Gasteiger partial charge in [0, 0.05) is 43.9 Å². The Labute approximate surface area is 179 Å². The van der Waals surface area contributed by atoms with Crippen molar-refractivity contribution in [3.63, 3.8) is 0 Å². The normalized spacial score (nSPS) is 16.9. The van der Waals surface area contributed by atoms with Crippen LogP contribution in [-0.4, -0.2) is 67.6 Å². The number of amides is 2. The van der Waals surface area contributed by atoms with Gasteiger partial charge in [-0.3, -0.25) is 9.69 Å². The number of rotatable bonds is 5. The van der Waals surface area contributed by atoms with E-state index in [0.717, 1.165) is 0 Å². The quantitative estimate of drug-likeness (QED) is 0.742. The third kappa shape index (κ3) is 6.20. The minimum absolute atomic E-state index is 0.150. The molecule has 0 radical (unpaired) electrons. The number of ether oxygens (including phenoxy) is 1. The fourth-order valence-corrected chi connectivity index (χ4v) is 3.57. The van der Waals surface area contributed by atoms with Crippen molar-refractivity contribution < 1.29 is 32.6 Å². The summed E-state index contributed by atoms with van der Waals surface area (Å²) < 4.78 is 43.4. The summed E-state index contributed by atoms with van der Waals surface area (Å²) in [5.41, 5.74) is -1.71. The number of carboxylic acid groups (broad SMARTS) is 1. The molecule has 11 heteroatoms. The average molecular weight is 446 g/mol. The predicted octanol–water partition coefficient (Wildman–Crippen LogP) is 3.67. The topological polar surface area (TPSA) is 95.9 Å². The van der Waals surface area contributed by atoms with Gasteiger partial charge in [-0.1, -0.05) is 13.8 Å². The smallest absolute Gasteiger partial charge is 0.419 e. The zero-order valence-electron chi connectivity index (χ0n) is 18.3. The third-order valence-corrected chi connectivity index (χ3v) is 5.07. The Morgan fingerprint density at radius 2 is 1.68 bits per heavy atom. The molecule has 0 saturated carbocycles. The van der Waals surface area contributed by atoms with E-state index in [1.807, 2.05) is 13.8 Å². The molecular formula is C20H29F3N4O4. The lowest BCUT2D eigenvalue weighted by Gasteiger charge is -2.43. The molecule has 0 aromatic carbocycles. The van der Waals surface area contributed by atoms with E-state index in [-0.39, 0.29) is 23.9 Å². The van der Waals surface area contributed by atoms with E-state index in [0.29, 0.717) is 38.3 Å². The van der Waals surface area contributed by atoms with Gasteiger partial charge in [0.15, 0.2) is 0 Å². The summed E-state index contributed by atoms with van der Waals surface area (Å²) in [5, 5.41) is 9.70. The number of halogens is 3. The van der Waals surface area contributed by atoms with Gasteiger partial charge in [-0.15, -0.1) is 0 Å². The summed E-state index contributed by atoms with van der Waals surface area (Å²) in [6, 6.07) is -0.976. The highest BCUT2D eigenvalue weighted by Crippen LogP contribution is 2.29. The molecule has 1 fully saturated rings. The zero-order valence-corrected chi connectivity index (χ0v) is 18.3. The highest BCUT2D eigenvalue weighted by Gasteiger charge is 2.41. The molecule has 0 spiro atoms. The molecule has 8 nitrogen and oxygen atoms in total. The number of piperidine rings is 1. The van der Waals surface area contributed by atoms with E-state index in [2.05, 4.69) is 9.97 Å². The van der Waals surface area contributed by atoms with E-state index in [1.165, 1.54) is 4.90 Å². The molecule has 2 rings (SSSR count). The van der Waals surface area contributed by atoms with Crippen molar-refractivity contribution in [3.8, 4) is 6.01 Å². The molecule has 31 heavy (non-hydrogen) atoms. The monoisotopic (exact) mass is 446 g/mol. The number of nitrogens with zero attached hydrogens (tertiary/aromatic N) is 4. The molecule has 1 aliphatic heterocycles. The lowest BCUT2D eigenvalue weighted by molar-refractivity contribution is -0.142. The Balaban J connectivity index is 2.02. The van der Waals surface area contributed by atoms with Crippen molar-refractivity contribution in [1.29, 1.82) is 0 Å². The van der Waals surface area contributed by atoms with Gasteiger partial charge < -0.3 is 14.7 Å². The summed E-state index contributed by atoms with van der Waals surface area (Å²) in [6.45, 7) is 9.52. The summed E-state index contributed by atoms with van der Waals surface area (Å²) >= 11 is 0. The summed E-state index contributed by atoms with van der Waals surface area (Å²) in [4.78, 5) is 35.1. The predicted molar refractivity (Wildman–Crippen MR) is 106 cm³/mol. The standard InChI is InChI=1S/C20H29F3N4O4/c1-12(2)15(27(18(29)30)19(3,4)5)16(28)26-8-6-14(7-9-26)31-17-24-10-13(11-25-17)20(21,22)23/h10-12,14-15H,6-9H2,1-5H3,(H,29,30)/t15-/m0/s1. The van der Waals surface area contributed by atoms with Crippen molar-refractivity contribution in [2.24, 2.45) is 5.92 Å². The molecule has 0 aliphatic carbocycles. The highest BCUT2D eigenvalue weighted by molar-refractivity contribution is 5.86. The summed E-state index contributed by atoms with van der Waals surface area (Å²) in [7, 11) is 0. The van der Waals surface area contributed by atoms with Crippen LogP contribution >= 0.6 is 0 Å². The van der Waals surface area contributed by atoms with E-state index >= 15 is 0 Å². The Morgan fingerprint density at radius 1 is 1.16 bits per heavy atom. The van der Waals surface area contributed by atoms with Gasteiger partial charge in [-0.05, 0) is 26.7 Å². The first kappa shape index (κ1) is 24.7. The zero-order chi connectivity index (χ0) is 23.6. The molecule has 1 saturated heterocycles. The van der Waals surface area contributed by atoms with Gasteiger partial charge in [0.05, 0.1) is 5.56 Å². The molecule has 0 unspecified atom stereocenters. The van der Waals surface area contributed by atoms with Crippen molar-refractivity contribution in [3.05, 3.63) is 18.0 Å². The van der Waals surface area contributed by atoms with Crippen LogP contribution in [0.2, 0.25) is 0 Å². The summed E-state index contributed by atoms with van der Waals surface area (Å²) in [5.74, 6) is -0.492. The minimum atomic E-state index is -4.52. The van der Waals surface area contributed by atoms with E-state index in [4.69, 9.17) is 4.74 Å². The lowest BCUT2D eigenvalue weighted by atomic mass is 9.94. The maximum atomic E-state index is 13.2. The first-order valence-corrected chi connectivity index (χ1v) is 10.1. The second-order valence-electron chi connectivity index (χ2n) is 8.91. The van der Waals surface area contributed by atoms with Gasteiger partial charge in [0.25, 0.3) is 0 Å². The maximum Gasteiger partial charge on any atom is 0.419 e. The molecule has 1 N–H and O–H groups in total. The number of aromatic nitrogens is 2. The largest absolute Gasteiger partial charge is 0.465 e. The first-order valence-electron chi connectivity index (χ1n) is 10.1. The number of hydrogen-bond acceptors (Lipinski definition) is 5. The van der Waals surface area contributed by atoms with Crippen LogP contribution in [-0.2, 0) is 11.0 Å². The van der Waals surface area contributed by atoms with Crippen molar-refractivity contribution >= 4 is 12.0 Å². The van der Waals surface area contributed by atoms with Crippen LogP contribution in [0.5, 0.6) is 6.01 Å². The molecule has 2 heterocycles. The second-order valence-corrected chi connectivity index (χ2v) is 8.91. The van der Waals surface area contributed by atoms with Gasteiger partial charge in [0.1, 0.15) is 12.1 Å². The number of alkyl halides is 3. The van der Waals surface area contributed by atoms with Crippen LogP contribution in [0.1, 0.15) is 53.0 Å². The van der Waals surface area contributed by atoms with Crippen LogP contribution in [0.15, 0.2) is 12.4 Å². The molecule has 0 bridgehead atoms. The van der Waals surface area contributed by atoms with Gasteiger partial charge in [-0.25, -0.2) is 14.8 Å². The van der Waals surface area contributed by atoms with Crippen LogP contribution < -0.4 is 4.74 Å². The maximum absolute atomic E-state index is 13.2. The molecule has 174 valence electrons. The van der Waals surface area contributed by atoms with Crippen molar-refractivity contribution in [1.82, 2.24) is 19.8 Å². The van der Waals surface area contributed by atoms with Gasteiger partial charge in [0.2, 0.25) is 5.91 Å². The number of hydrogen-bond donors (Lipinski definition) is 1. The Bertz CT molecular complexity index is 770. The SMILES string of the molecule is CC(C)[C@@H](C(=O)N1CCC(Oc2ncc(C(F)(F)F)cn2)CC1)N(C(=O)O)C(C)(C)C.